The Kier molecular flexibility index (Phi) is 4.25. The molecule has 2 bridgehead atoms. The summed E-state index contributed by atoms with van der Waals surface area (Å²) in [6.45, 7) is 1.14. The molecule has 132 valence electrons. The molecule has 1 amide bonds. The monoisotopic (exact) mass is 424 g/mol. The highest BCUT2D eigenvalue weighted by molar-refractivity contribution is 9.10. The fourth-order valence-electron chi connectivity index (χ4n) is 3.78. The Balaban J connectivity index is 1.59. The number of fused-ring (bicyclic) bond motifs is 2. The second-order valence-corrected chi connectivity index (χ2v) is 9.10. The lowest BCUT2D eigenvalue weighted by Crippen LogP contribution is -2.57. The smallest absolute Gasteiger partial charge is 0.253 e. The summed E-state index contributed by atoms with van der Waals surface area (Å²) in [5, 5.41) is 7.55. The van der Waals surface area contributed by atoms with E-state index in [1.54, 1.807) is 33.5 Å². The van der Waals surface area contributed by atoms with E-state index in [9.17, 15) is 13.2 Å². The van der Waals surface area contributed by atoms with Crippen molar-refractivity contribution in [3.05, 3.63) is 40.5 Å². The van der Waals surface area contributed by atoms with Crippen LogP contribution < -0.4 is 0 Å². The van der Waals surface area contributed by atoms with Crippen molar-refractivity contribution in [1.29, 1.82) is 0 Å². The Morgan fingerprint density at radius 1 is 1.16 bits per heavy atom. The Hall–Kier alpha value is -1.58. The first-order valence-corrected chi connectivity index (χ1v) is 10.3. The van der Waals surface area contributed by atoms with Crippen LogP contribution in [0.15, 0.2) is 55.6 Å². The van der Waals surface area contributed by atoms with Crippen molar-refractivity contribution in [2.45, 2.75) is 29.8 Å². The number of sulfonamides is 1. The van der Waals surface area contributed by atoms with Gasteiger partial charge in [-0.05, 0) is 40.9 Å². The van der Waals surface area contributed by atoms with E-state index in [1.165, 1.54) is 6.20 Å². The van der Waals surface area contributed by atoms with E-state index < -0.39 is 10.0 Å². The topological polar surface area (TPSA) is 82.4 Å². The Morgan fingerprint density at radius 2 is 1.84 bits per heavy atom. The molecule has 7 nitrogen and oxygen atoms in total. The average molecular weight is 425 g/mol. The molecule has 1 aromatic carbocycles. The molecule has 0 spiro atoms. The van der Waals surface area contributed by atoms with Crippen LogP contribution in [-0.4, -0.2) is 55.2 Å². The lowest BCUT2D eigenvalue weighted by Gasteiger charge is -2.40. The van der Waals surface area contributed by atoms with Gasteiger partial charge in [0.2, 0.25) is 10.0 Å². The van der Waals surface area contributed by atoms with E-state index in [1.807, 2.05) is 0 Å². The van der Waals surface area contributed by atoms with Crippen LogP contribution in [0.5, 0.6) is 0 Å². The van der Waals surface area contributed by atoms with Gasteiger partial charge in [0.15, 0.2) is 0 Å². The first kappa shape index (κ1) is 16.9. The zero-order valence-corrected chi connectivity index (χ0v) is 15.8. The molecule has 0 saturated carbocycles. The first-order valence-electron chi connectivity index (χ1n) is 8.11. The van der Waals surface area contributed by atoms with Crippen LogP contribution in [-0.2, 0) is 14.8 Å². The predicted octanol–water partition coefficient (Wildman–Crippen LogP) is 2.16. The second-order valence-electron chi connectivity index (χ2n) is 6.43. The lowest BCUT2D eigenvalue weighted by molar-refractivity contribution is -0.129. The van der Waals surface area contributed by atoms with E-state index in [-0.39, 0.29) is 22.9 Å². The molecule has 25 heavy (non-hydrogen) atoms. The molecular formula is C16H17BrN4O3S. The van der Waals surface area contributed by atoms with Crippen LogP contribution in [0.25, 0.3) is 0 Å². The van der Waals surface area contributed by atoms with Crippen molar-refractivity contribution in [3.8, 4) is 0 Å². The van der Waals surface area contributed by atoms with Crippen molar-refractivity contribution in [2.24, 2.45) is 10.2 Å². The second kappa shape index (κ2) is 6.30. The number of carbonyl (C=O) groups is 1. The highest BCUT2D eigenvalue weighted by Gasteiger charge is 2.48. The molecule has 3 aliphatic rings. The van der Waals surface area contributed by atoms with Gasteiger partial charge in [-0.3, -0.25) is 4.79 Å². The molecule has 0 N–H and O–H groups in total. The average Bonchev–Trinajstić information content (AvgIpc) is 3.21. The number of piperazine rings is 1. The number of rotatable bonds is 3. The molecule has 2 saturated heterocycles. The fraction of sp³-hybridized carbons (Fsp3) is 0.438. The quantitative estimate of drug-likeness (QED) is 0.744. The first-order chi connectivity index (χ1) is 12.0. The van der Waals surface area contributed by atoms with Crippen LogP contribution in [0.3, 0.4) is 0 Å². The molecule has 3 heterocycles. The van der Waals surface area contributed by atoms with Gasteiger partial charge in [-0.2, -0.15) is 14.5 Å². The van der Waals surface area contributed by atoms with E-state index >= 15 is 0 Å². The molecule has 0 aromatic heterocycles. The molecule has 1 aromatic rings. The molecule has 0 radical (unpaired) electrons. The van der Waals surface area contributed by atoms with Gasteiger partial charge in [0.05, 0.1) is 23.2 Å². The van der Waals surface area contributed by atoms with Crippen molar-refractivity contribution >= 4 is 31.9 Å². The van der Waals surface area contributed by atoms with E-state index in [0.717, 1.165) is 12.8 Å². The van der Waals surface area contributed by atoms with E-state index in [2.05, 4.69) is 26.2 Å². The normalized spacial score (nSPS) is 26.1. The number of halogens is 1. The summed E-state index contributed by atoms with van der Waals surface area (Å²) >= 11 is 3.34. The van der Waals surface area contributed by atoms with E-state index in [0.29, 0.717) is 29.7 Å². The van der Waals surface area contributed by atoms with Gasteiger partial charge in [0.25, 0.3) is 5.91 Å². The van der Waals surface area contributed by atoms with Gasteiger partial charge < -0.3 is 4.90 Å². The minimum absolute atomic E-state index is 0.0835. The van der Waals surface area contributed by atoms with Gasteiger partial charge in [-0.15, -0.1) is 0 Å². The van der Waals surface area contributed by atoms with Crippen LogP contribution in [0.2, 0.25) is 0 Å². The third-order valence-electron chi connectivity index (χ3n) is 4.91. The van der Waals surface area contributed by atoms with Gasteiger partial charge in [-0.1, -0.05) is 12.1 Å². The standard InChI is InChI=1S/C16H17BrN4O3S/c17-14-3-1-2-4-15(14)25(23,24)21-12-5-6-13(21)10-20(9-12)16(22)11-7-18-19-8-11/h1-4,7,12-13H,5-6,8-10H2. The third-order valence-corrected chi connectivity index (χ3v) is 7.92. The van der Waals surface area contributed by atoms with E-state index in [4.69, 9.17) is 0 Å². The largest absolute Gasteiger partial charge is 0.336 e. The number of benzene rings is 1. The third kappa shape index (κ3) is 2.84. The Bertz CT molecular complexity index is 869. The summed E-state index contributed by atoms with van der Waals surface area (Å²) in [5.41, 5.74) is 0.571. The van der Waals surface area contributed by atoms with Crippen LogP contribution in [0.1, 0.15) is 12.8 Å². The number of amides is 1. The highest BCUT2D eigenvalue weighted by atomic mass is 79.9. The maximum absolute atomic E-state index is 13.2. The van der Waals surface area contributed by atoms with Crippen LogP contribution >= 0.6 is 15.9 Å². The number of azo groups is 1. The van der Waals surface area contributed by atoms with Gasteiger partial charge in [0, 0.05) is 29.6 Å². The summed E-state index contributed by atoms with van der Waals surface area (Å²) in [6.07, 6.45) is 3.03. The molecule has 4 rings (SSSR count). The van der Waals surface area contributed by atoms with Gasteiger partial charge >= 0.3 is 0 Å². The molecule has 0 aliphatic carbocycles. The van der Waals surface area contributed by atoms with Crippen molar-refractivity contribution in [2.75, 3.05) is 19.6 Å². The summed E-state index contributed by atoms with van der Waals surface area (Å²) in [6, 6.07) is 6.49. The minimum atomic E-state index is -3.60. The van der Waals surface area contributed by atoms with Crippen LogP contribution in [0.4, 0.5) is 0 Å². The maximum atomic E-state index is 13.2. The Labute approximate surface area is 154 Å². The molecule has 9 heteroatoms. The lowest BCUT2D eigenvalue weighted by atomic mass is 10.2. The summed E-state index contributed by atoms with van der Waals surface area (Å²) < 4.78 is 28.5. The SMILES string of the molecule is O=C(C1=CN=NC1)N1CC2CCC(C1)N2S(=O)(=O)c1ccccc1Br. The molecule has 2 atom stereocenters. The zero-order valence-electron chi connectivity index (χ0n) is 13.4. The van der Waals surface area contributed by atoms with Crippen molar-refractivity contribution in [1.82, 2.24) is 9.21 Å². The highest BCUT2D eigenvalue weighted by Crippen LogP contribution is 2.37. The molecule has 3 aliphatic heterocycles. The zero-order chi connectivity index (χ0) is 17.6. The molecular weight excluding hydrogens is 408 g/mol. The fourth-order valence-corrected chi connectivity index (χ4v) is 6.60. The molecule has 2 unspecified atom stereocenters. The number of nitrogens with zero attached hydrogens (tertiary/aromatic N) is 4. The number of carbonyl (C=O) groups excluding carboxylic acids is 1. The van der Waals surface area contributed by atoms with Crippen molar-refractivity contribution in [3.63, 3.8) is 0 Å². The minimum Gasteiger partial charge on any atom is -0.336 e. The van der Waals surface area contributed by atoms with Gasteiger partial charge in [0.1, 0.15) is 0 Å². The maximum Gasteiger partial charge on any atom is 0.253 e. The van der Waals surface area contributed by atoms with Crippen molar-refractivity contribution < 1.29 is 13.2 Å². The summed E-state index contributed by atoms with van der Waals surface area (Å²) in [7, 11) is -3.60. The summed E-state index contributed by atoms with van der Waals surface area (Å²) in [5.74, 6) is -0.0835. The predicted molar refractivity (Wildman–Crippen MR) is 94.4 cm³/mol. The number of likely N-dealkylation sites (tertiary alicyclic amines) is 1. The number of hydrogen-bond acceptors (Lipinski definition) is 5. The number of hydrogen-bond donors (Lipinski definition) is 0. The summed E-state index contributed by atoms with van der Waals surface area (Å²) in [4.78, 5) is 14.6. The Morgan fingerprint density at radius 3 is 2.44 bits per heavy atom. The van der Waals surface area contributed by atoms with Crippen LogP contribution in [0, 0.1) is 0 Å². The van der Waals surface area contributed by atoms with Gasteiger partial charge in [-0.25, -0.2) is 8.42 Å². The molecule has 2 fully saturated rings.